The van der Waals surface area contributed by atoms with Crippen LogP contribution >= 0.6 is 15.9 Å². The maximum Gasteiger partial charge on any atom is 0.496 e. The zero-order chi connectivity index (χ0) is 14.3. The van der Waals surface area contributed by atoms with Gasteiger partial charge in [-0.2, -0.15) is 0 Å². The summed E-state index contributed by atoms with van der Waals surface area (Å²) in [5.41, 5.74) is 1.57. The monoisotopic (exact) mass is 325 g/mol. The lowest BCUT2D eigenvalue weighted by molar-refractivity contribution is 0.00578. The summed E-state index contributed by atoms with van der Waals surface area (Å²) < 4.78 is 13.0. The van der Waals surface area contributed by atoms with Crippen LogP contribution in [0.5, 0.6) is 0 Å². The normalized spacial score (nSPS) is 20.8. The molecule has 2 rings (SSSR count). The third kappa shape index (κ3) is 2.88. The number of aryl methyl sites for hydroxylation is 1. The summed E-state index contributed by atoms with van der Waals surface area (Å²) in [6, 6.07) is 2.13. The van der Waals surface area contributed by atoms with Crippen LogP contribution in [0.4, 0.5) is 0 Å². The van der Waals surface area contributed by atoms with Crippen LogP contribution in [0.25, 0.3) is 0 Å². The van der Waals surface area contributed by atoms with Gasteiger partial charge in [-0.25, -0.2) is 4.98 Å². The van der Waals surface area contributed by atoms with Gasteiger partial charge >= 0.3 is 7.12 Å². The molecule has 0 aliphatic carbocycles. The molecular formula is C14H21BBrNO2. The summed E-state index contributed by atoms with van der Waals surface area (Å²) in [6.07, 6.45) is 3.92. The molecule has 0 unspecified atom stereocenters. The van der Waals surface area contributed by atoms with Gasteiger partial charge in [0.05, 0.1) is 11.2 Å². The lowest BCUT2D eigenvalue weighted by Gasteiger charge is -2.32. The molecule has 0 spiro atoms. The fourth-order valence-electron chi connectivity index (χ4n) is 2.06. The maximum absolute atomic E-state index is 6.05. The minimum absolute atomic E-state index is 0.310. The van der Waals surface area contributed by atoms with Crippen LogP contribution in [0, 0.1) is 0 Å². The third-order valence-corrected chi connectivity index (χ3v) is 4.69. The zero-order valence-electron chi connectivity index (χ0n) is 12.3. The van der Waals surface area contributed by atoms with Crippen molar-refractivity contribution in [2.45, 2.75) is 58.7 Å². The molecule has 104 valence electrons. The summed E-state index contributed by atoms with van der Waals surface area (Å²) in [7, 11) is -0.332. The molecule has 1 aromatic heterocycles. The predicted molar refractivity (Wildman–Crippen MR) is 81.6 cm³/mol. The van der Waals surface area contributed by atoms with E-state index in [2.05, 4.69) is 61.6 Å². The van der Waals surface area contributed by atoms with Crippen LogP contribution in [0.1, 0.15) is 46.6 Å². The van der Waals surface area contributed by atoms with Crippen molar-refractivity contribution >= 4 is 28.5 Å². The van der Waals surface area contributed by atoms with E-state index in [1.807, 2.05) is 6.20 Å². The fourth-order valence-corrected chi connectivity index (χ4v) is 2.48. The van der Waals surface area contributed by atoms with E-state index in [9.17, 15) is 0 Å². The largest absolute Gasteiger partial charge is 0.496 e. The molecule has 1 aliphatic heterocycles. The van der Waals surface area contributed by atoms with Crippen molar-refractivity contribution in [1.29, 1.82) is 0 Å². The molecule has 0 amide bonds. The van der Waals surface area contributed by atoms with Crippen molar-refractivity contribution in [1.82, 2.24) is 4.98 Å². The highest BCUT2D eigenvalue weighted by atomic mass is 79.9. The number of halogens is 1. The van der Waals surface area contributed by atoms with Gasteiger partial charge in [0.15, 0.2) is 0 Å². The molecular weight excluding hydrogens is 305 g/mol. The lowest BCUT2D eigenvalue weighted by Crippen LogP contribution is -2.41. The molecule has 1 fully saturated rings. The number of hydrogen-bond donors (Lipinski definition) is 0. The second kappa shape index (κ2) is 5.19. The van der Waals surface area contributed by atoms with E-state index in [0.29, 0.717) is 0 Å². The molecule has 5 heteroatoms. The van der Waals surface area contributed by atoms with E-state index in [1.54, 1.807) is 0 Å². The molecule has 0 N–H and O–H groups in total. The average Bonchev–Trinajstić information content (AvgIpc) is 2.51. The summed E-state index contributed by atoms with van der Waals surface area (Å²) in [5.74, 6) is 0. The Labute approximate surface area is 124 Å². The Kier molecular flexibility index (Phi) is 4.10. The number of nitrogens with zero attached hydrogens (tertiary/aromatic N) is 1. The Balaban J connectivity index is 2.27. The Morgan fingerprint density at radius 1 is 1.21 bits per heavy atom. The zero-order valence-corrected chi connectivity index (χ0v) is 13.9. The number of hydrogen-bond acceptors (Lipinski definition) is 3. The molecule has 0 bridgehead atoms. The number of pyridine rings is 1. The average molecular weight is 326 g/mol. The highest BCUT2D eigenvalue weighted by molar-refractivity contribution is 9.10. The molecule has 1 aliphatic rings. The first-order valence-corrected chi connectivity index (χ1v) is 7.56. The molecule has 1 aromatic rings. The predicted octanol–water partition coefficient (Wildman–Crippen LogP) is 3.10. The Bertz CT molecular complexity index is 461. The maximum atomic E-state index is 6.05. The van der Waals surface area contributed by atoms with Gasteiger partial charge in [0, 0.05) is 11.7 Å². The summed E-state index contributed by atoms with van der Waals surface area (Å²) in [4.78, 5) is 4.39. The molecule has 0 saturated carbocycles. The van der Waals surface area contributed by atoms with Gasteiger partial charge in [-0.05, 0) is 55.6 Å². The van der Waals surface area contributed by atoms with Gasteiger partial charge in [-0.3, -0.25) is 0 Å². The van der Waals surface area contributed by atoms with E-state index in [0.717, 1.165) is 22.9 Å². The Morgan fingerprint density at radius 2 is 1.79 bits per heavy atom. The molecule has 0 aromatic carbocycles. The van der Waals surface area contributed by atoms with E-state index in [-0.39, 0.29) is 18.3 Å². The molecule has 3 nitrogen and oxygen atoms in total. The fraction of sp³-hybridized carbons (Fsp3) is 0.643. The van der Waals surface area contributed by atoms with E-state index < -0.39 is 0 Å². The van der Waals surface area contributed by atoms with Crippen LogP contribution < -0.4 is 5.46 Å². The van der Waals surface area contributed by atoms with Crippen LogP contribution in [-0.4, -0.2) is 23.3 Å². The van der Waals surface area contributed by atoms with E-state index in [4.69, 9.17) is 9.31 Å². The SMILES string of the molecule is CCCc1cc(B2OC(C)(C)C(C)(C)O2)cnc1Br. The van der Waals surface area contributed by atoms with Gasteiger partial charge in [0.1, 0.15) is 4.60 Å². The minimum Gasteiger partial charge on any atom is -0.399 e. The lowest BCUT2D eigenvalue weighted by atomic mass is 9.79. The van der Waals surface area contributed by atoms with Crippen molar-refractivity contribution in [3.05, 3.63) is 22.4 Å². The van der Waals surface area contributed by atoms with Crippen LogP contribution in [-0.2, 0) is 15.7 Å². The number of rotatable bonds is 3. The Morgan fingerprint density at radius 3 is 2.32 bits per heavy atom. The van der Waals surface area contributed by atoms with Crippen LogP contribution in [0.3, 0.4) is 0 Å². The first-order valence-electron chi connectivity index (χ1n) is 6.77. The van der Waals surface area contributed by atoms with Crippen molar-refractivity contribution in [3.8, 4) is 0 Å². The topological polar surface area (TPSA) is 31.4 Å². The first-order chi connectivity index (χ1) is 8.77. The second-order valence-electron chi connectivity index (χ2n) is 6.06. The molecule has 1 saturated heterocycles. The molecule has 2 heterocycles. The molecule has 0 atom stereocenters. The van der Waals surface area contributed by atoms with Crippen molar-refractivity contribution in [2.24, 2.45) is 0 Å². The second-order valence-corrected chi connectivity index (χ2v) is 6.81. The van der Waals surface area contributed by atoms with Gasteiger partial charge in [-0.15, -0.1) is 0 Å². The van der Waals surface area contributed by atoms with Gasteiger partial charge in [-0.1, -0.05) is 19.4 Å². The van der Waals surface area contributed by atoms with E-state index >= 15 is 0 Å². The van der Waals surface area contributed by atoms with Crippen molar-refractivity contribution < 1.29 is 9.31 Å². The quantitative estimate of drug-likeness (QED) is 0.632. The summed E-state index contributed by atoms with van der Waals surface area (Å²) in [5, 5.41) is 0. The van der Waals surface area contributed by atoms with Gasteiger partial charge in [0.2, 0.25) is 0 Å². The third-order valence-electron chi connectivity index (χ3n) is 3.98. The standard InChI is InChI=1S/C14H21BBrNO2/c1-6-7-10-8-11(9-17-12(10)16)15-18-13(2,3)14(4,5)19-15/h8-9H,6-7H2,1-5H3. The minimum atomic E-state index is -0.332. The smallest absolute Gasteiger partial charge is 0.399 e. The van der Waals surface area contributed by atoms with Crippen LogP contribution in [0.15, 0.2) is 16.9 Å². The first kappa shape index (κ1) is 15.0. The van der Waals surface area contributed by atoms with Crippen molar-refractivity contribution in [3.63, 3.8) is 0 Å². The van der Waals surface area contributed by atoms with Gasteiger partial charge < -0.3 is 9.31 Å². The van der Waals surface area contributed by atoms with E-state index in [1.165, 1.54) is 5.56 Å². The van der Waals surface area contributed by atoms with Crippen LogP contribution in [0.2, 0.25) is 0 Å². The molecule has 0 radical (unpaired) electrons. The van der Waals surface area contributed by atoms with Crippen molar-refractivity contribution in [2.75, 3.05) is 0 Å². The number of aromatic nitrogens is 1. The Hall–Kier alpha value is -0.385. The highest BCUT2D eigenvalue weighted by Gasteiger charge is 2.51. The van der Waals surface area contributed by atoms with Gasteiger partial charge in [0.25, 0.3) is 0 Å². The summed E-state index contributed by atoms with van der Waals surface area (Å²) in [6.45, 7) is 10.4. The highest BCUT2D eigenvalue weighted by Crippen LogP contribution is 2.36. The molecule has 19 heavy (non-hydrogen) atoms. The summed E-state index contributed by atoms with van der Waals surface area (Å²) >= 11 is 3.49.